The van der Waals surface area contributed by atoms with Gasteiger partial charge in [-0.15, -0.1) is 11.8 Å². The van der Waals surface area contributed by atoms with Crippen molar-refractivity contribution in [1.29, 1.82) is 0 Å². The maximum Gasteiger partial charge on any atom is 0.251 e. The van der Waals surface area contributed by atoms with Crippen molar-refractivity contribution < 1.29 is 9.90 Å². The van der Waals surface area contributed by atoms with Crippen LogP contribution in [-0.4, -0.2) is 29.4 Å². The number of amides is 1. The Kier molecular flexibility index (Phi) is 6.95. The fourth-order valence-electron chi connectivity index (χ4n) is 1.86. The number of rotatable bonds is 7. The van der Waals surface area contributed by atoms with Gasteiger partial charge < -0.3 is 10.4 Å². The molecular weight excluding hydrogens is 258 g/mol. The first kappa shape index (κ1) is 16.1. The van der Waals surface area contributed by atoms with E-state index in [4.69, 9.17) is 5.11 Å². The number of carbonyl (C=O) groups is 1. The zero-order chi connectivity index (χ0) is 14.3. The Morgan fingerprint density at radius 3 is 2.74 bits per heavy atom. The van der Waals surface area contributed by atoms with Gasteiger partial charge in [0.2, 0.25) is 0 Å². The van der Waals surface area contributed by atoms with Crippen LogP contribution in [0.1, 0.15) is 37.6 Å². The lowest BCUT2D eigenvalue weighted by Crippen LogP contribution is -2.39. The number of aliphatic hydroxyl groups excluding tert-OH is 1. The van der Waals surface area contributed by atoms with E-state index in [1.54, 1.807) is 11.8 Å². The molecule has 0 aliphatic rings. The molecule has 19 heavy (non-hydrogen) atoms. The largest absolute Gasteiger partial charge is 0.396 e. The van der Waals surface area contributed by atoms with Crippen molar-refractivity contribution in [3.05, 3.63) is 29.8 Å². The average Bonchev–Trinajstić information content (AvgIpc) is 2.38. The van der Waals surface area contributed by atoms with E-state index in [0.717, 1.165) is 10.6 Å². The van der Waals surface area contributed by atoms with Crippen molar-refractivity contribution in [2.45, 2.75) is 38.1 Å². The average molecular weight is 281 g/mol. The fraction of sp³-hybridized carbons (Fsp3) is 0.533. The van der Waals surface area contributed by atoms with Crippen LogP contribution in [0, 0.1) is 5.92 Å². The first-order valence-electron chi connectivity index (χ1n) is 6.73. The molecule has 0 aromatic heterocycles. The molecule has 4 heteroatoms. The first-order valence-corrected chi connectivity index (χ1v) is 7.71. The molecule has 0 radical (unpaired) electrons. The van der Waals surface area contributed by atoms with Crippen LogP contribution in [0.25, 0.3) is 0 Å². The highest BCUT2D eigenvalue weighted by molar-refractivity contribution is 7.99. The summed E-state index contributed by atoms with van der Waals surface area (Å²) in [6.45, 7) is 6.27. The number of carbonyl (C=O) groups excluding carboxylic acids is 1. The van der Waals surface area contributed by atoms with Gasteiger partial charge in [-0.3, -0.25) is 4.79 Å². The van der Waals surface area contributed by atoms with Gasteiger partial charge in [0, 0.05) is 23.1 Å². The minimum Gasteiger partial charge on any atom is -0.396 e. The van der Waals surface area contributed by atoms with Gasteiger partial charge in [-0.2, -0.15) is 0 Å². The Labute approximate surface area is 119 Å². The van der Waals surface area contributed by atoms with Gasteiger partial charge in [-0.25, -0.2) is 0 Å². The third-order valence-corrected chi connectivity index (χ3v) is 3.84. The summed E-state index contributed by atoms with van der Waals surface area (Å²) >= 11 is 1.72. The Hall–Kier alpha value is -1.00. The van der Waals surface area contributed by atoms with Crippen LogP contribution < -0.4 is 5.32 Å². The molecule has 2 N–H and O–H groups in total. The Balaban J connectivity index is 2.73. The van der Waals surface area contributed by atoms with Crippen LogP contribution in [0.4, 0.5) is 0 Å². The second-order valence-corrected chi connectivity index (χ2v) is 6.13. The van der Waals surface area contributed by atoms with E-state index in [1.165, 1.54) is 0 Å². The van der Waals surface area contributed by atoms with Gasteiger partial charge in [0.05, 0.1) is 0 Å². The molecule has 1 rings (SSSR count). The van der Waals surface area contributed by atoms with Crippen LogP contribution in [0.5, 0.6) is 0 Å². The topological polar surface area (TPSA) is 49.3 Å². The highest BCUT2D eigenvalue weighted by Crippen LogP contribution is 2.19. The molecule has 0 saturated heterocycles. The molecule has 0 fully saturated rings. The van der Waals surface area contributed by atoms with Gasteiger partial charge in [0.25, 0.3) is 5.91 Å². The van der Waals surface area contributed by atoms with E-state index in [9.17, 15) is 4.79 Å². The summed E-state index contributed by atoms with van der Waals surface area (Å²) in [7, 11) is 0. The minimum atomic E-state index is -0.0642. The fourth-order valence-corrected chi connectivity index (χ4v) is 2.58. The van der Waals surface area contributed by atoms with Crippen LogP contribution in [-0.2, 0) is 0 Å². The predicted molar refractivity (Wildman–Crippen MR) is 80.6 cm³/mol. The summed E-state index contributed by atoms with van der Waals surface area (Å²) in [5.74, 6) is 1.24. The lowest BCUT2D eigenvalue weighted by atomic mass is 10.0. The summed E-state index contributed by atoms with van der Waals surface area (Å²) in [5, 5.41) is 12.0. The van der Waals surface area contributed by atoms with Crippen molar-refractivity contribution in [3.63, 3.8) is 0 Å². The Morgan fingerprint density at radius 1 is 1.42 bits per heavy atom. The highest BCUT2D eigenvalue weighted by Gasteiger charge is 2.16. The summed E-state index contributed by atoms with van der Waals surface area (Å²) in [6.07, 6.45) is 0.590. The molecule has 1 amide bonds. The number of hydrogen-bond donors (Lipinski definition) is 2. The van der Waals surface area contributed by atoms with Crippen molar-refractivity contribution >= 4 is 17.7 Å². The van der Waals surface area contributed by atoms with Crippen LogP contribution >= 0.6 is 11.8 Å². The summed E-state index contributed by atoms with van der Waals surface area (Å²) in [4.78, 5) is 13.3. The number of thioether (sulfide) groups is 1. The quantitative estimate of drug-likeness (QED) is 0.756. The molecule has 0 heterocycles. The molecule has 0 spiro atoms. The lowest BCUT2D eigenvalue weighted by molar-refractivity contribution is 0.0916. The van der Waals surface area contributed by atoms with Crippen molar-refractivity contribution in [2.75, 3.05) is 12.4 Å². The number of aliphatic hydroxyl groups is 1. The molecule has 106 valence electrons. The summed E-state index contributed by atoms with van der Waals surface area (Å²) in [6, 6.07) is 7.67. The molecule has 1 aromatic rings. The van der Waals surface area contributed by atoms with Crippen molar-refractivity contribution in [1.82, 2.24) is 5.32 Å². The van der Waals surface area contributed by atoms with Gasteiger partial charge in [0.15, 0.2) is 0 Å². The molecule has 0 saturated carbocycles. The minimum absolute atomic E-state index is 0.0139. The number of hydrogen-bond acceptors (Lipinski definition) is 3. The second kappa shape index (κ2) is 8.23. The Morgan fingerprint density at radius 2 is 2.16 bits per heavy atom. The summed E-state index contributed by atoms with van der Waals surface area (Å²) in [5.41, 5.74) is 0.682. The van der Waals surface area contributed by atoms with E-state index in [1.807, 2.05) is 38.1 Å². The van der Waals surface area contributed by atoms with Crippen LogP contribution in [0.3, 0.4) is 0 Å². The standard InChI is InChI=1S/C15H23NO2S/c1-4-19-13-7-5-6-12(10-13)15(18)16-14(8-9-17)11(2)3/h5-7,10-11,14,17H,4,8-9H2,1-3H3,(H,16,18). The lowest BCUT2D eigenvalue weighted by Gasteiger charge is -2.21. The number of benzene rings is 1. The zero-order valence-corrected chi connectivity index (χ0v) is 12.7. The third kappa shape index (κ3) is 5.25. The van der Waals surface area contributed by atoms with E-state index in [2.05, 4.69) is 12.2 Å². The predicted octanol–water partition coefficient (Wildman–Crippen LogP) is 2.94. The SMILES string of the molecule is CCSc1cccc(C(=O)NC(CCO)C(C)C)c1. The second-order valence-electron chi connectivity index (χ2n) is 4.80. The molecule has 1 unspecified atom stereocenters. The smallest absolute Gasteiger partial charge is 0.251 e. The monoisotopic (exact) mass is 281 g/mol. The molecule has 3 nitrogen and oxygen atoms in total. The first-order chi connectivity index (χ1) is 9.08. The Bertz CT molecular complexity index is 407. The summed E-state index contributed by atoms with van der Waals surface area (Å²) < 4.78 is 0. The van der Waals surface area contributed by atoms with Gasteiger partial charge >= 0.3 is 0 Å². The highest BCUT2D eigenvalue weighted by atomic mass is 32.2. The van der Waals surface area contributed by atoms with Gasteiger partial charge in [-0.05, 0) is 36.3 Å². The van der Waals surface area contributed by atoms with E-state index < -0.39 is 0 Å². The molecule has 0 aliphatic carbocycles. The van der Waals surface area contributed by atoms with Gasteiger partial charge in [0.1, 0.15) is 0 Å². The van der Waals surface area contributed by atoms with Gasteiger partial charge in [-0.1, -0.05) is 26.8 Å². The molecule has 1 atom stereocenters. The van der Waals surface area contributed by atoms with Crippen molar-refractivity contribution in [3.8, 4) is 0 Å². The van der Waals surface area contributed by atoms with Crippen molar-refractivity contribution in [2.24, 2.45) is 5.92 Å². The third-order valence-electron chi connectivity index (χ3n) is 2.97. The molecule has 0 bridgehead atoms. The van der Waals surface area contributed by atoms with E-state index in [-0.39, 0.29) is 18.6 Å². The normalized spacial score (nSPS) is 12.5. The van der Waals surface area contributed by atoms with E-state index in [0.29, 0.717) is 17.9 Å². The maximum absolute atomic E-state index is 12.2. The van der Waals surface area contributed by atoms with Crippen LogP contribution in [0.15, 0.2) is 29.2 Å². The molecular formula is C15H23NO2S. The van der Waals surface area contributed by atoms with Crippen LogP contribution in [0.2, 0.25) is 0 Å². The molecule has 0 aliphatic heterocycles. The number of nitrogens with one attached hydrogen (secondary N) is 1. The molecule has 1 aromatic carbocycles. The zero-order valence-electron chi connectivity index (χ0n) is 11.8. The van der Waals surface area contributed by atoms with E-state index >= 15 is 0 Å². The maximum atomic E-state index is 12.2.